The normalized spacial score (nSPS) is 8.35. The number of rotatable bonds is 4. The van der Waals surface area contributed by atoms with Gasteiger partial charge in [-0.15, -0.1) is 0 Å². The Hall–Kier alpha value is -0.781. The van der Waals surface area contributed by atoms with E-state index in [-0.39, 0.29) is 48.1 Å². The van der Waals surface area contributed by atoms with Crippen molar-refractivity contribution in [3.05, 3.63) is 25.3 Å². The zero-order valence-corrected chi connectivity index (χ0v) is 13.7. The van der Waals surface area contributed by atoms with E-state index < -0.39 is 0 Å². The van der Waals surface area contributed by atoms with E-state index in [0.717, 1.165) is 12.2 Å². The van der Waals surface area contributed by atoms with Crippen molar-refractivity contribution in [2.45, 2.75) is 39.9 Å². The van der Waals surface area contributed by atoms with Crippen LogP contribution >= 0.6 is 0 Å². The molecule has 0 N–H and O–H groups in total. The van der Waals surface area contributed by atoms with Gasteiger partial charge in [0.15, 0.2) is 0 Å². The zero-order valence-electron chi connectivity index (χ0n) is 10.9. The monoisotopic (exact) mass is 348 g/mol. The molecule has 0 aromatic heterocycles. The Balaban J connectivity index is -0.000000218. The molecule has 96 valence electrons. The maximum atomic E-state index is 10.3. The zero-order chi connectivity index (χ0) is 13.1. The minimum Gasteiger partial charge on any atom is -0.460 e. The van der Waals surface area contributed by atoms with Gasteiger partial charge in [-0.3, -0.25) is 0 Å². The molecule has 0 unspecified atom stereocenters. The maximum absolute atomic E-state index is 10.3. The first-order valence-electron chi connectivity index (χ1n) is 4.99. The molecule has 4 nitrogen and oxygen atoms in total. The van der Waals surface area contributed by atoms with Crippen LogP contribution in [0.1, 0.15) is 27.7 Å². The minimum absolute atomic E-state index is 0. The quantitative estimate of drug-likeness (QED) is 0.443. The Morgan fingerprint density at radius 3 is 1.18 bits per heavy atom. The van der Waals surface area contributed by atoms with Gasteiger partial charge in [-0.25, -0.2) is 9.59 Å². The molecule has 0 spiro atoms. The van der Waals surface area contributed by atoms with E-state index >= 15 is 0 Å². The average molecular weight is 347 g/mol. The van der Waals surface area contributed by atoms with Gasteiger partial charge >= 0.3 is 11.9 Å². The SMILES string of the molecule is C=CC(=O)OC(C)C.C=CC(=O)OC(C)C.[Sn]. The van der Waals surface area contributed by atoms with Crippen molar-refractivity contribution in [3.63, 3.8) is 0 Å². The third kappa shape index (κ3) is 21.1. The molecule has 0 aliphatic carbocycles. The molecule has 0 aliphatic heterocycles. The summed E-state index contributed by atoms with van der Waals surface area (Å²) in [7, 11) is 0. The van der Waals surface area contributed by atoms with Crippen LogP contribution in [0, 0.1) is 0 Å². The first kappa shape index (κ1) is 21.5. The number of carbonyl (C=O) groups is 2. The van der Waals surface area contributed by atoms with Crippen LogP contribution in [0.2, 0.25) is 0 Å². The smallest absolute Gasteiger partial charge is 0.330 e. The molecule has 5 heteroatoms. The van der Waals surface area contributed by atoms with E-state index in [0.29, 0.717) is 0 Å². The summed E-state index contributed by atoms with van der Waals surface area (Å²) in [6.07, 6.45) is 2.22. The second kappa shape index (κ2) is 13.3. The standard InChI is InChI=1S/2C6H10O2.Sn/c2*1-4-6(7)8-5(2)3;/h2*4-5H,1H2,2-3H3;. The van der Waals surface area contributed by atoms with Crippen molar-refractivity contribution < 1.29 is 19.1 Å². The third-order valence-corrected chi connectivity index (χ3v) is 1.04. The Morgan fingerprint density at radius 1 is 0.882 bits per heavy atom. The first-order chi connectivity index (χ1) is 7.33. The van der Waals surface area contributed by atoms with Crippen molar-refractivity contribution in [2.24, 2.45) is 0 Å². The molecule has 0 fully saturated rings. The predicted molar refractivity (Wildman–Crippen MR) is 68.6 cm³/mol. The van der Waals surface area contributed by atoms with Crippen molar-refractivity contribution >= 4 is 35.8 Å². The minimum atomic E-state index is -0.361. The summed E-state index contributed by atoms with van der Waals surface area (Å²) in [5.74, 6) is -0.722. The molecule has 0 heterocycles. The van der Waals surface area contributed by atoms with E-state index in [1.165, 1.54) is 0 Å². The van der Waals surface area contributed by atoms with Crippen LogP contribution in [0.25, 0.3) is 0 Å². The van der Waals surface area contributed by atoms with Gasteiger partial charge in [0.2, 0.25) is 0 Å². The Morgan fingerprint density at radius 2 is 1.12 bits per heavy atom. The first-order valence-corrected chi connectivity index (χ1v) is 4.99. The number of carbonyl (C=O) groups excluding carboxylic acids is 2. The van der Waals surface area contributed by atoms with Gasteiger partial charge in [-0.05, 0) is 27.7 Å². The molecule has 0 bridgehead atoms. The molecule has 0 aromatic carbocycles. The van der Waals surface area contributed by atoms with Crippen molar-refractivity contribution in [2.75, 3.05) is 0 Å². The molecule has 0 rings (SSSR count). The van der Waals surface area contributed by atoms with Gasteiger partial charge in [-0.2, -0.15) is 0 Å². The molecule has 0 amide bonds. The summed E-state index contributed by atoms with van der Waals surface area (Å²) in [6, 6.07) is 0. The van der Waals surface area contributed by atoms with Crippen molar-refractivity contribution in [3.8, 4) is 0 Å². The van der Waals surface area contributed by atoms with Gasteiger partial charge in [0.25, 0.3) is 0 Å². The van der Waals surface area contributed by atoms with Crippen LogP contribution in [-0.2, 0) is 19.1 Å². The summed E-state index contributed by atoms with van der Waals surface area (Å²) in [6.45, 7) is 13.7. The molecule has 0 saturated heterocycles. The average Bonchev–Trinajstić information content (AvgIpc) is 2.16. The van der Waals surface area contributed by atoms with Gasteiger partial charge in [0.05, 0.1) is 12.2 Å². The Kier molecular flexibility index (Phi) is 16.8. The predicted octanol–water partition coefficient (Wildman–Crippen LogP) is 1.87. The van der Waals surface area contributed by atoms with Crippen LogP contribution in [-0.4, -0.2) is 48.1 Å². The molecule has 17 heavy (non-hydrogen) atoms. The van der Waals surface area contributed by atoms with Gasteiger partial charge in [-0.1, -0.05) is 13.2 Å². The summed E-state index contributed by atoms with van der Waals surface area (Å²) < 4.78 is 9.28. The van der Waals surface area contributed by atoms with Crippen LogP contribution in [0.4, 0.5) is 0 Å². The largest absolute Gasteiger partial charge is 0.460 e. The maximum Gasteiger partial charge on any atom is 0.330 e. The molecule has 0 aromatic rings. The molecular formula is C12H20O4Sn. The van der Waals surface area contributed by atoms with Gasteiger partial charge in [0, 0.05) is 36.1 Å². The van der Waals surface area contributed by atoms with E-state index in [9.17, 15) is 9.59 Å². The van der Waals surface area contributed by atoms with E-state index in [4.69, 9.17) is 0 Å². The second-order valence-electron chi connectivity index (χ2n) is 3.38. The molecule has 4 radical (unpaired) electrons. The van der Waals surface area contributed by atoms with Crippen LogP contribution in [0.15, 0.2) is 25.3 Å². The van der Waals surface area contributed by atoms with Crippen LogP contribution < -0.4 is 0 Å². The Labute approximate surface area is 120 Å². The van der Waals surface area contributed by atoms with Crippen LogP contribution in [0.5, 0.6) is 0 Å². The number of esters is 2. The number of hydrogen-bond donors (Lipinski definition) is 0. The van der Waals surface area contributed by atoms with Gasteiger partial charge in [0.1, 0.15) is 0 Å². The second-order valence-corrected chi connectivity index (χ2v) is 3.38. The fourth-order valence-corrected chi connectivity index (χ4v) is 0.561. The van der Waals surface area contributed by atoms with E-state index in [1.807, 2.05) is 0 Å². The number of hydrogen-bond acceptors (Lipinski definition) is 4. The molecular weight excluding hydrogens is 327 g/mol. The summed E-state index contributed by atoms with van der Waals surface area (Å²) in [5, 5.41) is 0. The summed E-state index contributed by atoms with van der Waals surface area (Å²) >= 11 is 0. The summed E-state index contributed by atoms with van der Waals surface area (Å²) in [4.78, 5) is 20.6. The molecule has 0 atom stereocenters. The van der Waals surface area contributed by atoms with Gasteiger partial charge < -0.3 is 9.47 Å². The fraction of sp³-hybridized carbons (Fsp3) is 0.500. The topological polar surface area (TPSA) is 52.6 Å². The molecule has 0 aliphatic rings. The fourth-order valence-electron chi connectivity index (χ4n) is 0.561. The van der Waals surface area contributed by atoms with Crippen LogP contribution in [0.3, 0.4) is 0 Å². The van der Waals surface area contributed by atoms with E-state index in [1.54, 1.807) is 27.7 Å². The number of ether oxygens (including phenoxy) is 2. The third-order valence-electron chi connectivity index (χ3n) is 1.04. The van der Waals surface area contributed by atoms with Crippen molar-refractivity contribution in [1.82, 2.24) is 0 Å². The summed E-state index contributed by atoms with van der Waals surface area (Å²) in [5.41, 5.74) is 0. The van der Waals surface area contributed by atoms with E-state index in [2.05, 4.69) is 22.6 Å². The van der Waals surface area contributed by atoms with Crippen molar-refractivity contribution in [1.29, 1.82) is 0 Å². The molecule has 0 saturated carbocycles. The Bertz CT molecular complexity index is 221.